The third-order valence-corrected chi connectivity index (χ3v) is 4.99. The molecule has 2 aliphatic heterocycles. The first-order valence-corrected chi connectivity index (χ1v) is 5.24. The van der Waals surface area contributed by atoms with Gasteiger partial charge in [-0.15, -0.1) is 0 Å². The molecule has 5 aliphatic rings. The van der Waals surface area contributed by atoms with Crippen molar-refractivity contribution in [2.45, 2.75) is 37.3 Å². The molecule has 0 aromatic heterocycles. The average Bonchev–Trinajstić information content (AvgIpc) is 2.92. The van der Waals surface area contributed by atoms with Gasteiger partial charge in [0.15, 0.2) is 0 Å². The van der Waals surface area contributed by atoms with E-state index in [1.807, 2.05) is 0 Å². The molecule has 5 rings (SSSR count). The fourth-order valence-electron chi connectivity index (χ4n) is 4.58. The summed E-state index contributed by atoms with van der Waals surface area (Å²) in [7, 11) is 0. The first-order valence-electron chi connectivity index (χ1n) is 5.24. The van der Waals surface area contributed by atoms with Crippen molar-refractivity contribution in [1.29, 1.82) is 0 Å². The Kier molecular flexibility index (Phi) is 0.644. The van der Waals surface area contributed by atoms with Crippen LogP contribution in [0.4, 0.5) is 0 Å². The van der Waals surface area contributed by atoms with Crippen LogP contribution in [0.2, 0.25) is 0 Å². The SMILES string of the molecule is C1[C@@H]2[C@@H]3C[C@H]4O[C@H]4[C@@H]3[C@H]1[C@H]1O[C@@H]21. The van der Waals surface area contributed by atoms with Gasteiger partial charge in [-0.1, -0.05) is 0 Å². The molecular formula is C10H12O2. The molecule has 2 saturated heterocycles. The number of ether oxygens (including phenoxy) is 2. The van der Waals surface area contributed by atoms with E-state index >= 15 is 0 Å². The van der Waals surface area contributed by atoms with Crippen LogP contribution >= 0.6 is 0 Å². The van der Waals surface area contributed by atoms with E-state index in [4.69, 9.17) is 9.47 Å². The lowest BCUT2D eigenvalue weighted by Gasteiger charge is -2.22. The first kappa shape index (κ1) is 5.61. The monoisotopic (exact) mass is 164 g/mol. The molecular weight excluding hydrogens is 152 g/mol. The minimum atomic E-state index is 0.676. The molecule has 3 aliphatic carbocycles. The van der Waals surface area contributed by atoms with Crippen LogP contribution in [0, 0.1) is 23.7 Å². The van der Waals surface area contributed by atoms with Crippen molar-refractivity contribution in [1.82, 2.24) is 0 Å². The summed E-state index contributed by atoms with van der Waals surface area (Å²) in [5.41, 5.74) is 0. The Hall–Kier alpha value is -0.0800. The van der Waals surface area contributed by atoms with Crippen molar-refractivity contribution in [3.8, 4) is 0 Å². The zero-order valence-electron chi connectivity index (χ0n) is 6.85. The van der Waals surface area contributed by atoms with Crippen molar-refractivity contribution < 1.29 is 9.47 Å². The summed E-state index contributed by atoms with van der Waals surface area (Å²) < 4.78 is 11.3. The summed E-state index contributed by atoms with van der Waals surface area (Å²) in [5, 5.41) is 0. The highest BCUT2D eigenvalue weighted by atomic mass is 16.6. The van der Waals surface area contributed by atoms with Crippen LogP contribution in [-0.4, -0.2) is 24.4 Å². The normalized spacial score (nSPS) is 80.0. The van der Waals surface area contributed by atoms with Crippen LogP contribution in [0.3, 0.4) is 0 Å². The van der Waals surface area contributed by atoms with E-state index in [1.165, 1.54) is 12.8 Å². The Bertz CT molecular complexity index is 273. The number of rotatable bonds is 0. The van der Waals surface area contributed by atoms with Crippen LogP contribution in [0.1, 0.15) is 12.8 Å². The molecule has 5 fully saturated rings. The molecule has 0 radical (unpaired) electrons. The highest BCUT2D eigenvalue weighted by molar-refractivity contribution is 5.21. The van der Waals surface area contributed by atoms with Crippen LogP contribution < -0.4 is 0 Å². The fraction of sp³-hybridized carbons (Fsp3) is 1.00. The molecule has 2 heteroatoms. The van der Waals surface area contributed by atoms with E-state index in [0.717, 1.165) is 23.7 Å². The van der Waals surface area contributed by atoms with Crippen molar-refractivity contribution in [2.24, 2.45) is 23.7 Å². The predicted octanol–water partition coefficient (Wildman–Crippen LogP) is 0.807. The molecule has 3 saturated carbocycles. The van der Waals surface area contributed by atoms with Gasteiger partial charge in [-0.05, 0) is 36.5 Å². The number of hydrogen-bond acceptors (Lipinski definition) is 2. The molecule has 0 spiro atoms. The molecule has 0 aromatic carbocycles. The topological polar surface area (TPSA) is 25.1 Å². The van der Waals surface area contributed by atoms with Gasteiger partial charge in [-0.25, -0.2) is 0 Å². The van der Waals surface area contributed by atoms with Gasteiger partial charge in [0.05, 0.1) is 24.4 Å². The minimum Gasteiger partial charge on any atom is -0.369 e. The first-order chi connectivity index (χ1) is 5.93. The Labute approximate surface area is 71.2 Å². The molecule has 0 unspecified atom stereocenters. The molecule has 2 nitrogen and oxygen atoms in total. The van der Waals surface area contributed by atoms with Gasteiger partial charge in [0.1, 0.15) is 0 Å². The van der Waals surface area contributed by atoms with Gasteiger partial charge in [-0.3, -0.25) is 0 Å². The maximum absolute atomic E-state index is 5.69. The van der Waals surface area contributed by atoms with E-state index in [1.54, 1.807) is 0 Å². The molecule has 64 valence electrons. The van der Waals surface area contributed by atoms with E-state index in [0.29, 0.717) is 24.4 Å². The summed E-state index contributed by atoms with van der Waals surface area (Å²) in [6.07, 6.45) is 5.58. The minimum absolute atomic E-state index is 0.676. The zero-order chi connectivity index (χ0) is 7.45. The Morgan fingerprint density at radius 1 is 0.750 bits per heavy atom. The van der Waals surface area contributed by atoms with Crippen LogP contribution in [-0.2, 0) is 9.47 Å². The van der Waals surface area contributed by atoms with Crippen molar-refractivity contribution in [3.05, 3.63) is 0 Å². The standard InChI is InChI=1S/C10H12O2/c1-4-3-2-6-10(11-6)7(3)5(1)9-8(4)12-9/h3-10H,1-2H2/t3-,4+,5-,6+,7-,8-,9+,10+/m0/s1. The lowest BCUT2D eigenvalue weighted by Crippen LogP contribution is -2.27. The summed E-state index contributed by atoms with van der Waals surface area (Å²) in [4.78, 5) is 0. The maximum atomic E-state index is 5.69. The van der Waals surface area contributed by atoms with Crippen LogP contribution in [0.15, 0.2) is 0 Å². The summed E-state index contributed by atoms with van der Waals surface area (Å²) >= 11 is 0. The fourth-order valence-corrected chi connectivity index (χ4v) is 4.58. The van der Waals surface area contributed by atoms with E-state index in [9.17, 15) is 0 Å². The van der Waals surface area contributed by atoms with Gasteiger partial charge in [0, 0.05) is 0 Å². The number of fused-ring (bicyclic) bond motifs is 10. The largest absolute Gasteiger partial charge is 0.369 e. The third kappa shape index (κ3) is 0.409. The quantitative estimate of drug-likeness (QED) is 0.495. The Balaban J connectivity index is 1.66. The smallest absolute Gasteiger partial charge is 0.0876 e. The average molecular weight is 164 g/mol. The predicted molar refractivity (Wildman–Crippen MR) is 40.5 cm³/mol. The molecule has 8 atom stereocenters. The van der Waals surface area contributed by atoms with Crippen molar-refractivity contribution in [3.63, 3.8) is 0 Å². The van der Waals surface area contributed by atoms with Gasteiger partial charge >= 0.3 is 0 Å². The third-order valence-electron chi connectivity index (χ3n) is 4.99. The second kappa shape index (κ2) is 1.38. The maximum Gasteiger partial charge on any atom is 0.0876 e. The lowest BCUT2D eigenvalue weighted by molar-refractivity contribution is 0.162. The molecule has 0 amide bonds. The van der Waals surface area contributed by atoms with Crippen molar-refractivity contribution >= 4 is 0 Å². The highest BCUT2D eigenvalue weighted by Gasteiger charge is 2.74. The second-order valence-corrected chi connectivity index (χ2v) is 5.24. The summed E-state index contributed by atoms with van der Waals surface area (Å²) in [6.45, 7) is 0. The van der Waals surface area contributed by atoms with Crippen LogP contribution in [0.25, 0.3) is 0 Å². The van der Waals surface area contributed by atoms with Gasteiger partial charge < -0.3 is 9.47 Å². The van der Waals surface area contributed by atoms with Gasteiger partial charge in [0.2, 0.25) is 0 Å². The Morgan fingerprint density at radius 2 is 1.67 bits per heavy atom. The van der Waals surface area contributed by atoms with Gasteiger partial charge in [0.25, 0.3) is 0 Å². The Morgan fingerprint density at radius 3 is 2.67 bits per heavy atom. The van der Waals surface area contributed by atoms with Crippen molar-refractivity contribution in [2.75, 3.05) is 0 Å². The number of hydrogen-bond donors (Lipinski definition) is 0. The van der Waals surface area contributed by atoms with Gasteiger partial charge in [-0.2, -0.15) is 0 Å². The molecule has 0 aromatic rings. The molecule has 2 heterocycles. The molecule has 2 bridgehead atoms. The van der Waals surface area contributed by atoms with E-state index in [2.05, 4.69) is 0 Å². The van der Waals surface area contributed by atoms with E-state index < -0.39 is 0 Å². The highest BCUT2D eigenvalue weighted by Crippen LogP contribution is 2.69. The lowest BCUT2D eigenvalue weighted by atomic mass is 9.81. The molecule has 0 N–H and O–H groups in total. The van der Waals surface area contributed by atoms with E-state index in [-0.39, 0.29) is 0 Å². The summed E-state index contributed by atoms with van der Waals surface area (Å²) in [5.74, 6) is 3.77. The zero-order valence-corrected chi connectivity index (χ0v) is 6.85. The van der Waals surface area contributed by atoms with Crippen LogP contribution in [0.5, 0.6) is 0 Å². The molecule has 12 heavy (non-hydrogen) atoms. The number of epoxide rings is 2. The summed E-state index contributed by atoms with van der Waals surface area (Å²) in [6, 6.07) is 0. The second-order valence-electron chi connectivity index (χ2n) is 5.24.